The lowest BCUT2D eigenvalue weighted by molar-refractivity contribution is 0.761. The second-order valence-corrected chi connectivity index (χ2v) is 16.8. The van der Waals surface area contributed by atoms with Gasteiger partial charge in [-0.05, 0) is 116 Å². The summed E-state index contributed by atoms with van der Waals surface area (Å²) >= 11 is 0. The van der Waals surface area contributed by atoms with E-state index in [4.69, 9.17) is 0 Å². The van der Waals surface area contributed by atoms with Crippen LogP contribution in [0.1, 0.15) is 22.3 Å². The second kappa shape index (κ2) is 13.9. The van der Waals surface area contributed by atoms with E-state index in [1.54, 1.807) is 0 Å². The SMILES string of the molecule is c1ccc(-c2ccc3c(c2)c2cc(-c4ccc5c(c4)c4ccccc4n5-c4ccccc4C4(c5ccccc5)c5ccccc5-c5ccccc54)ccc2n3-c2ccccc2)cc1. The van der Waals surface area contributed by atoms with Gasteiger partial charge in [0, 0.05) is 27.2 Å². The molecule has 2 heterocycles. The molecule has 294 valence electrons. The number of benzene rings is 10. The molecule has 1 aliphatic rings. The van der Waals surface area contributed by atoms with Gasteiger partial charge in [-0.25, -0.2) is 0 Å². The number of fused-ring (bicyclic) bond motifs is 9. The third-order valence-corrected chi connectivity index (χ3v) is 13.6. The molecule has 2 nitrogen and oxygen atoms in total. The van der Waals surface area contributed by atoms with Crippen LogP contribution >= 0.6 is 0 Å². The maximum atomic E-state index is 2.51. The lowest BCUT2D eigenvalue weighted by atomic mass is 9.67. The van der Waals surface area contributed by atoms with Crippen molar-refractivity contribution in [3.63, 3.8) is 0 Å². The van der Waals surface area contributed by atoms with Crippen LogP contribution in [0, 0.1) is 0 Å². The molecule has 12 aromatic rings. The molecule has 0 amide bonds. The number of nitrogens with zero attached hydrogens (tertiary/aromatic N) is 2. The van der Waals surface area contributed by atoms with Gasteiger partial charge in [-0.2, -0.15) is 0 Å². The van der Waals surface area contributed by atoms with Gasteiger partial charge in [0.1, 0.15) is 0 Å². The third-order valence-electron chi connectivity index (χ3n) is 13.6. The molecule has 2 heteroatoms. The van der Waals surface area contributed by atoms with Gasteiger partial charge < -0.3 is 9.13 Å². The van der Waals surface area contributed by atoms with Crippen LogP contribution in [-0.4, -0.2) is 9.13 Å². The first kappa shape index (κ1) is 35.5. The zero-order valence-corrected chi connectivity index (χ0v) is 34.5. The van der Waals surface area contributed by atoms with Crippen molar-refractivity contribution >= 4 is 43.6 Å². The van der Waals surface area contributed by atoms with Crippen LogP contribution in [0.25, 0.3) is 88.4 Å². The van der Waals surface area contributed by atoms with E-state index in [1.807, 2.05) is 0 Å². The van der Waals surface area contributed by atoms with Crippen molar-refractivity contribution in [1.29, 1.82) is 0 Å². The van der Waals surface area contributed by atoms with Crippen LogP contribution in [0.2, 0.25) is 0 Å². The molecular formula is C61H40N2. The molecule has 0 radical (unpaired) electrons. The van der Waals surface area contributed by atoms with Gasteiger partial charge in [0.05, 0.1) is 33.2 Å². The summed E-state index contributed by atoms with van der Waals surface area (Å²) in [5.41, 5.74) is 19.1. The molecule has 0 saturated heterocycles. The summed E-state index contributed by atoms with van der Waals surface area (Å²) in [6.45, 7) is 0. The van der Waals surface area contributed by atoms with Crippen molar-refractivity contribution in [3.05, 3.63) is 265 Å². The van der Waals surface area contributed by atoms with E-state index >= 15 is 0 Å². The topological polar surface area (TPSA) is 9.86 Å². The molecule has 0 spiro atoms. The Kier molecular flexibility index (Phi) is 7.85. The van der Waals surface area contributed by atoms with E-state index in [0.717, 1.165) is 5.69 Å². The number of para-hydroxylation sites is 3. The zero-order chi connectivity index (χ0) is 41.5. The zero-order valence-electron chi connectivity index (χ0n) is 34.5. The number of hydrogen-bond donors (Lipinski definition) is 0. The van der Waals surface area contributed by atoms with Crippen molar-refractivity contribution in [3.8, 4) is 44.8 Å². The molecule has 0 saturated carbocycles. The van der Waals surface area contributed by atoms with Crippen molar-refractivity contribution in [1.82, 2.24) is 9.13 Å². The van der Waals surface area contributed by atoms with Crippen molar-refractivity contribution in [2.75, 3.05) is 0 Å². The van der Waals surface area contributed by atoms with Gasteiger partial charge in [-0.1, -0.05) is 182 Å². The molecule has 0 bridgehead atoms. The molecule has 13 rings (SSSR count). The quantitative estimate of drug-likeness (QED) is 0.159. The maximum Gasteiger partial charge on any atom is 0.0733 e. The predicted octanol–water partition coefficient (Wildman–Crippen LogP) is 15.6. The van der Waals surface area contributed by atoms with E-state index in [9.17, 15) is 0 Å². The van der Waals surface area contributed by atoms with Gasteiger partial charge in [-0.15, -0.1) is 0 Å². The highest BCUT2D eigenvalue weighted by Gasteiger charge is 2.47. The first-order valence-corrected chi connectivity index (χ1v) is 21.8. The summed E-state index contributed by atoms with van der Waals surface area (Å²) in [7, 11) is 0. The maximum absolute atomic E-state index is 2.51. The summed E-state index contributed by atoms with van der Waals surface area (Å²) in [6.07, 6.45) is 0. The fourth-order valence-electron chi connectivity index (χ4n) is 10.9. The summed E-state index contributed by atoms with van der Waals surface area (Å²) in [4.78, 5) is 0. The normalized spacial score (nSPS) is 12.9. The van der Waals surface area contributed by atoms with Crippen LogP contribution in [0.4, 0.5) is 0 Å². The van der Waals surface area contributed by atoms with Crippen LogP contribution < -0.4 is 0 Å². The van der Waals surface area contributed by atoms with Gasteiger partial charge in [0.2, 0.25) is 0 Å². The average Bonchev–Trinajstić information content (AvgIpc) is 3.98. The first-order chi connectivity index (χ1) is 31.3. The first-order valence-electron chi connectivity index (χ1n) is 21.8. The Balaban J connectivity index is 1.03. The van der Waals surface area contributed by atoms with Gasteiger partial charge in [0.15, 0.2) is 0 Å². The molecule has 10 aromatic carbocycles. The monoisotopic (exact) mass is 800 g/mol. The Hall–Kier alpha value is -8.20. The number of rotatable bonds is 6. The standard InChI is InChI=1S/C61H40N2/c1-4-18-41(19-5-1)42-32-35-57-51(38-42)52-40-44(33-36-58(52)62(57)46-22-8-3-9-23-46)43-34-37-59-50(39-43)49-26-12-16-30-56(49)63(59)60-31-17-15-29-55(60)61(45-20-6-2-7-21-45)53-27-13-10-24-47(53)48-25-11-14-28-54(48)61/h1-40H. The Labute approximate surface area is 366 Å². The van der Waals surface area contributed by atoms with Crippen LogP contribution in [0.15, 0.2) is 243 Å². The van der Waals surface area contributed by atoms with E-state index in [-0.39, 0.29) is 0 Å². The molecule has 0 N–H and O–H groups in total. The minimum atomic E-state index is -0.530. The van der Waals surface area contributed by atoms with E-state index in [1.165, 1.54) is 105 Å². The summed E-state index contributed by atoms with van der Waals surface area (Å²) < 4.78 is 4.92. The smallest absolute Gasteiger partial charge is 0.0733 e. The third kappa shape index (κ3) is 5.19. The molecule has 0 unspecified atom stereocenters. The minimum absolute atomic E-state index is 0.530. The summed E-state index contributed by atoms with van der Waals surface area (Å²) in [5.74, 6) is 0. The van der Waals surface area contributed by atoms with Crippen molar-refractivity contribution in [2.45, 2.75) is 5.41 Å². The molecule has 0 aliphatic heterocycles. The number of hydrogen-bond acceptors (Lipinski definition) is 0. The van der Waals surface area contributed by atoms with Crippen LogP contribution in [-0.2, 0) is 5.41 Å². The molecule has 0 atom stereocenters. The summed E-state index contributed by atoms with van der Waals surface area (Å²) in [5, 5.41) is 4.95. The van der Waals surface area contributed by atoms with Crippen LogP contribution in [0.5, 0.6) is 0 Å². The lowest BCUT2D eigenvalue weighted by Crippen LogP contribution is -2.30. The molecule has 63 heavy (non-hydrogen) atoms. The predicted molar refractivity (Wildman–Crippen MR) is 263 cm³/mol. The highest BCUT2D eigenvalue weighted by Crippen LogP contribution is 2.57. The van der Waals surface area contributed by atoms with E-state index in [2.05, 4.69) is 252 Å². The Morgan fingerprint density at radius 1 is 0.270 bits per heavy atom. The van der Waals surface area contributed by atoms with Crippen LogP contribution in [0.3, 0.4) is 0 Å². The molecule has 2 aromatic heterocycles. The number of aromatic nitrogens is 2. The summed E-state index contributed by atoms with van der Waals surface area (Å²) in [6, 6.07) is 89.6. The Morgan fingerprint density at radius 2 is 0.698 bits per heavy atom. The van der Waals surface area contributed by atoms with Gasteiger partial charge in [0.25, 0.3) is 0 Å². The Morgan fingerprint density at radius 3 is 1.32 bits per heavy atom. The largest absolute Gasteiger partial charge is 0.309 e. The second-order valence-electron chi connectivity index (χ2n) is 16.8. The Bertz CT molecular complexity index is 3680. The average molecular weight is 801 g/mol. The fraction of sp³-hybridized carbons (Fsp3) is 0.0164. The molecular weight excluding hydrogens is 761 g/mol. The van der Waals surface area contributed by atoms with Gasteiger partial charge in [-0.3, -0.25) is 0 Å². The lowest BCUT2D eigenvalue weighted by Gasteiger charge is -2.35. The van der Waals surface area contributed by atoms with E-state index in [0.29, 0.717) is 0 Å². The highest BCUT2D eigenvalue weighted by atomic mass is 15.0. The van der Waals surface area contributed by atoms with Crippen molar-refractivity contribution in [2.24, 2.45) is 0 Å². The highest BCUT2D eigenvalue weighted by molar-refractivity contribution is 6.13. The fourth-order valence-corrected chi connectivity index (χ4v) is 10.9. The molecule has 1 aliphatic carbocycles. The minimum Gasteiger partial charge on any atom is -0.309 e. The van der Waals surface area contributed by atoms with E-state index < -0.39 is 5.41 Å². The van der Waals surface area contributed by atoms with Crippen molar-refractivity contribution < 1.29 is 0 Å². The molecule has 0 fully saturated rings. The van der Waals surface area contributed by atoms with Gasteiger partial charge >= 0.3 is 0 Å².